The van der Waals surface area contributed by atoms with Gasteiger partial charge in [-0.05, 0) is 6.26 Å². The first-order valence-electron chi connectivity index (χ1n) is 4.24. The minimum absolute atomic E-state index is 0.142. The Kier molecular flexibility index (Phi) is 6.31. The zero-order chi connectivity index (χ0) is 11.1. The minimum Gasteiger partial charge on any atom is -0.344 e. The molecule has 0 aliphatic carbocycles. The van der Waals surface area contributed by atoms with E-state index in [0.717, 1.165) is 0 Å². The fraction of sp³-hybridized carbons (Fsp3) is 0.750. The smallest absolute Gasteiger partial charge is 0.259 e. The van der Waals surface area contributed by atoms with Crippen molar-refractivity contribution in [2.45, 2.75) is 13.0 Å². The molecule has 0 aromatic rings. The van der Waals surface area contributed by atoms with E-state index in [1.807, 2.05) is 6.26 Å². The SMILES string of the molecule is CNN(C)C(=O)[C@H](CSC)NC(C)=O. The van der Waals surface area contributed by atoms with E-state index in [-0.39, 0.29) is 11.8 Å². The molecule has 2 amide bonds. The lowest BCUT2D eigenvalue weighted by Gasteiger charge is -2.22. The van der Waals surface area contributed by atoms with Crippen molar-refractivity contribution in [3.63, 3.8) is 0 Å². The Balaban J connectivity index is 4.31. The number of nitrogens with one attached hydrogen (secondary N) is 2. The number of carbonyl (C=O) groups excluding carboxylic acids is 2. The van der Waals surface area contributed by atoms with Crippen LogP contribution in [0.15, 0.2) is 0 Å². The molecule has 0 aliphatic heterocycles. The number of rotatable bonds is 5. The molecule has 0 heterocycles. The van der Waals surface area contributed by atoms with Crippen molar-refractivity contribution >= 4 is 23.6 Å². The molecule has 0 bridgehead atoms. The third-order valence-electron chi connectivity index (χ3n) is 1.67. The fourth-order valence-electron chi connectivity index (χ4n) is 0.931. The summed E-state index contributed by atoms with van der Waals surface area (Å²) in [4.78, 5) is 22.5. The quantitative estimate of drug-likeness (QED) is 0.609. The van der Waals surface area contributed by atoms with Crippen LogP contribution in [0.1, 0.15) is 6.92 Å². The Hall–Kier alpha value is -0.750. The predicted octanol–water partition coefficient (Wildman–Crippen LogP) is -0.553. The van der Waals surface area contributed by atoms with E-state index >= 15 is 0 Å². The first kappa shape index (κ1) is 13.2. The standard InChI is InChI=1S/C8H17N3O2S/c1-6(12)10-7(5-14-4)8(13)11(3)9-2/h7,9H,5H2,1-4H3,(H,10,12)/t7-/m0/s1. The maximum Gasteiger partial charge on any atom is 0.259 e. The van der Waals surface area contributed by atoms with Crippen molar-refractivity contribution in [2.75, 3.05) is 26.1 Å². The molecule has 0 rings (SSSR count). The number of nitrogens with zero attached hydrogens (tertiary/aromatic N) is 1. The molecule has 5 nitrogen and oxygen atoms in total. The highest BCUT2D eigenvalue weighted by Crippen LogP contribution is 1.99. The molecule has 0 aliphatic rings. The van der Waals surface area contributed by atoms with E-state index in [0.29, 0.717) is 5.75 Å². The second-order valence-electron chi connectivity index (χ2n) is 2.83. The molecule has 0 aromatic carbocycles. The van der Waals surface area contributed by atoms with E-state index in [2.05, 4.69) is 10.7 Å². The highest BCUT2D eigenvalue weighted by molar-refractivity contribution is 7.98. The molecule has 82 valence electrons. The lowest BCUT2D eigenvalue weighted by atomic mass is 10.3. The number of hydrogen-bond acceptors (Lipinski definition) is 4. The van der Waals surface area contributed by atoms with E-state index in [1.54, 1.807) is 14.1 Å². The van der Waals surface area contributed by atoms with E-state index < -0.39 is 6.04 Å². The summed E-state index contributed by atoms with van der Waals surface area (Å²) in [6.45, 7) is 1.40. The van der Waals surface area contributed by atoms with Gasteiger partial charge in [-0.25, -0.2) is 5.43 Å². The van der Waals surface area contributed by atoms with Gasteiger partial charge in [0.15, 0.2) is 0 Å². The molecule has 0 radical (unpaired) electrons. The number of carbonyl (C=O) groups is 2. The summed E-state index contributed by atoms with van der Waals surface area (Å²) in [6.07, 6.45) is 1.89. The normalized spacial score (nSPS) is 12.0. The van der Waals surface area contributed by atoms with Crippen LogP contribution in [-0.4, -0.2) is 49.0 Å². The molecule has 0 saturated carbocycles. The second-order valence-corrected chi connectivity index (χ2v) is 3.74. The van der Waals surface area contributed by atoms with Gasteiger partial charge in [0.1, 0.15) is 6.04 Å². The minimum atomic E-state index is -0.458. The molecule has 6 heteroatoms. The average Bonchev–Trinajstić information content (AvgIpc) is 2.14. The van der Waals surface area contributed by atoms with Crippen molar-refractivity contribution in [3.05, 3.63) is 0 Å². The number of thioether (sulfide) groups is 1. The van der Waals surface area contributed by atoms with Crippen LogP contribution in [0.4, 0.5) is 0 Å². The summed E-state index contributed by atoms with van der Waals surface area (Å²) in [5.41, 5.74) is 2.70. The van der Waals surface area contributed by atoms with Gasteiger partial charge in [-0.1, -0.05) is 0 Å². The average molecular weight is 219 g/mol. The van der Waals surface area contributed by atoms with Crippen LogP contribution in [0.3, 0.4) is 0 Å². The van der Waals surface area contributed by atoms with Gasteiger partial charge < -0.3 is 5.32 Å². The van der Waals surface area contributed by atoms with Gasteiger partial charge in [0.05, 0.1) is 0 Å². The van der Waals surface area contributed by atoms with Crippen LogP contribution in [0.5, 0.6) is 0 Å². The maximum atomic E-state index is 11.6. The van der Waals surface area contributed by atoms with Crippen LogP contribution >= 0.6 is 11.8 Å². The monoisotopic (exact) mass is 219 g/mol. The first-order chi connectivity index (χ1) is 6.52. The van der Waals surface area contributed by atoms with Crippen molar-refractivity contribution < 1.29 is 9.59 Å². The summed E-state index contributed by atoms with van der Waals surface area (Å²) in [6, 6.07) is -0.458. The van der Waals surface area contributed by atoms with Crippen LogP contribution < -0.4 is 10.7 Å². The van der Waals surface area contributed by atoms with Crippen molar-refractivity contribution in [1.29, 1.82) is 0 Å². The molecular formula is C8H17N3O2S. The molecule has 0 spiro atoms. The van der Waals surface area contributed by atoms with Gasteiger partial charge in [0.25, 0.3) is 5.91 Å². The summed E-state index contributed by atoms with van der Waals surface area (Å²) >= 11 is 1.52. The zero-order valence-electron chi connectivity index (χ0n) is 8.96. The topological polar surface area (TPSA) is 61.4 Å². The van der Waals surface area contributed by atoms with E-state index in [1.165, 1.54) is 23.7 Å². The molecule has 14 heavy (non-hydrogen) atoms. The number of likely N-dealkylation sites (N-methyl/N-ethyl adjacent to an activating group) is 1. The van der Waals surface area contributed by atoms with Crippen LogP contribution in [0.25, 0.3) is 0 Å². The summed E-state index contributed by atoms with van der Waals surface area (Å²) in [5, 5.41) is 3.96. The Morgan fingerprint density at radius 2 is 2.07 bits per heavy atom. The molecule has 0 aromatic heterocycles. The second kappa shape index (κ2) is 6.67. The van der Waals surface area contributed by atoms with Crippen LogP contribution in [0.2, 0.25) is 0 Å². The van der Waals surface area contributed by atoms with Crippen molar-refractivity contribution in [2.24, 2.45) is 0 Å². The number of amides is 2. The molecule has 0 unspecified atom stereocenters. The Labute approximate surface area is 88.6 Å². The van der Waals surface area contributed by atoms with E-state index in [4.69, 9.17) is 0 Å². The van der Waals surface area contributed by atoms with Gasteiger partial charge in [-0.15, -0.1) is 0 Å². The molecule has 1 atom stereocenters. The molecular weight excluding hydrogens is 202 g/mol. The predicted molar refractivity (Wildman–Crippen MR) is 57.8 cm³/mol. The fourth-order valence-corrected chi connectivity index (χ4v) is 1.49. The zero-order valence-corrected chi connectivity index (χ0v) is 9.77. The summed E-state index contributed by atoms with van der Waals surface area (Å²) in [7, 11) is 3.28. The third-order valence-corrected chi connectivity index (χ3v) is 2.34. The third kappa shape index (κ3) is 4.48. The Bertz CT molecular complexity index is 211. The highest BCUT2D eigenvalue weighted by atomic mass is 32.2. The molecule has 0 saturated heterocycles. The van der Waals surface area contributed by atoms with Crippen molar-refractivity contribution in [3.8, 4) is 0 Å². The number of hydrogen-bond donors (Lipinski definition) is 2. The molecule has 0 fully saturated rings. The van der Waals surface area contributed by atoms with Crippen LogP contribution in [-0.2, 0) is 9.59 Å². The summed E-state index contributed by atoms with van der Waals surface area (Å²) in [5.74, 6) is 0.240. The largest absolute Gasteiger partial charge is 0.344 e. The van der Waals surface area contributed by atoms with E-state index in [9.17, 15) is 9.59 Å². The van der Waals surface area contributed by atoms with Crippen molar-refractivity contribution in [1.82, 2.24) is 15.8 Å². The maximum absolute atomic E-state index is 11.6. The lowest BCUT2D eigenvalue weighted by Crippen LogP contribution is -2.51. The molecule has 2 N–H and O–H groups in total. The lowest BCUT2D eigenvalue weighted by molar-refractivity contribution is -0.136. The first-order valence-corrected chi connectivity index (χ1v) is 5.63. The Morgan fingerprint density at radius 3 is 2.43 bits per heavy atom. The Morgan fingerprint density at radius 1 is 1.50 bits per heavy atom. The van der Waals surface area contributed by atoms with Gasteiger partial charge in [0.2, 0.25) is 5.91 Å². The number of hydrazine groups is 1. The van der Waals surface area contributed by atoms with Crippen LogP contribution in [0, 0.1) is 0 Å². The van der Waals surface area contributed by atoms with Gasteiger partial charge >= 0.3 is 0 Å². The van der Waals surface area contributed by atoms with Gasteiger partial charge in [-0.2, -0.15) is 11.8 Å². The summed E-state index contributed by atoms with van der Waals surface area (Å²) < 4.78 is 0. The van der Waals surface area contributed by atoms with Gasteiger partial charge in [-0.3, -0.25) is 14.6 Å². The van der Waals surface area contributed by atoms with Gasteiger partial charge in [0, 0.05) is 26.8 Å². The highest BCUT2D eigenvalue weighted by Gasteiger charge is 2.21.